The molecule has 1 rings (SSSR count). The molecule has 100 valence electrons. The first-order chi connectivity index (χ1) is 8.12. The summed E-state index contributed by atoms with van der Waals surface area (Å²) < 4.78 is 0. The highest BCUT2D eigenvalue weighted by molar-refractivity contribution is 7.18. The molecule has 0 fully saturated rings. The zero-order valence-corrected chi connectivity index (χ0v) is 12.6. The van der Waals surface area contributed by atoms with Gasteiger partial charge in [-0.05, 0) is 18.6 Å². The van der Waals surface area contributed by atoms with Crippen LogP contribution in [0.25, 0.3) is 0 Å². The highest BCUT2D eigenvalue weighted by Crippen LogP contribution is 2.29. The minimum atomic E-state index is -0.441. The summed E-state index contributed by atoms with van der Waals surface area (Å²) in [6, 6.07) is 1.84. The van der Waals surface area contributed by atoms with Crippen LogP contribution in [0.3, 0.4) is 0 Å². The molecule has 0 aliphatic heterocycles. The molecule has 5 heteroatoms. The van der Waals surface area contributed by atoms with Crippen molar-refractivity contribution in [3.05, 3.63) is 16.5 Å². The predicted octanol–water partition coefficient (Wildman–Crippen LogP) is 2.74. The number of nitrogens with one attached hydrogen (secondary N) is 1. The average Bonchev–Trinajstić information content (AvgIpc) is 2.56. The number of nitrogens with zero attached hydrogens (tertiary/aromatic N) is 1. The van der Waals surface area contributed by atoms with Crippen LogP contribution in [0.2, 0.25) is 0 Å². The summed E-state index contributed by atoms with van der Waals surface area (Å²) in [5, 5.41) is 3.57. The zero-order valence-electron chi connectivity index (χ0n) is 11.7. The second-order valence-corrected chi connectivity index (χ2v) is 6.58. The van der Waals surface area contributed by atoms with Crippen molar-refractivity contribution < 1.29 is 9.59 Å². The Morgan fingerprint density at radius 3 is 2.28 bits per heavy atom. The topological polar surface area (TPSA) is 49.4 Å². The van der Waals surface area contributed by atoms with Gasteiger partial charge >= 0.3 is 0 Å². The average molecular weight is 268 g/mol. The largest absolute Gasteiger partial charge is 0.344 e. The fourth-order valence-corrected chi connectivity index (χ4v) is 2.35. The molecule has 0 radical (unpaired) electrons. The quantitative estimate of drug-likeness (QED) is 0.896. The molecule has 0 aliphatic rings. The molecular formula is C13H20N2O2S. The van der Waals surface area contributed by atoms with Crippen molar-refractivity contribution in [2.45, 2.75) is 27.7 Å². The fourth-order valence-electron chi connectivity index (χ4n) is 1.26. The number of anilines is 1. The van der Waals surface area contributed by atoms with Gasteiger partial charge in [-0.25, -0.2) is 0 Å². The van der Waals surface area contributed by atoms with Gasteiger partial charge in [0, 0.05) is 19.5 Å². The van der Waals surface area contributed by atoms with Crippen LogP contribution in [-0.2, 0) is 4.79 Å². The van der Waals surface area contributed by atoms with Gasteiger partial charge in [-0.1, -0.05) is 20.8 Å². The van der Waals surface area contributed by atoms with Crippen LogP contribution in [0.5, 0.6) is 0 Å². The molecule has 1 aromatic heterocycles. The summed E-state index contributed by atoms with van der Waals surface area (Å²) >= 11 is 1.32. The Bertz CT molecular complexity index is 470. The van der Waals surface area contributed by atoms with Crippen molar-refractivity contribution in [1.29, 1.82) is 0 Å². The molecule has 0 saturated heterocycles. The summed E-state index contributed by atoms with van der Waals surface area (Å²) in [7, 11) is 3.43. The molecule has 0 aromatic carbocycles. The van der Waals surface area contributed by atoms with E-state index in [1.807, 2.05) is 33.8 Å². The first-order valence-electron chi connectivity index (χ1n) is 5.76. The van der Waals surface area contributed by atoms with Crippen LogP contribution in [0.15, 0.2) is 6.07 Å². The minimum Gasteiger partial charge on any atom is -0.344 e. The second kappa shape index (κ2) is 5.10. The van der Waals surface area contributed by atoms with E-state index in [9.17, 15) is 9.59 Å². The minimum absolute atomic E-state index is 0.0336. The Morgan fingerprint density at radius 1 is 1.28 bits per heavy atom. The number of carbonyl (C=O) groups is 2. The summed E-state index contributed by atoms with van der Waals surface area (Å²) in [5.41, 5.74) is 0.451. The van der Waals surface area contributed by atoms with E-state index in [1.165, 1.54) is 16.2 Å². The lowest BCUT2D eigenvalue weighted by molar-refractivity contribution is -0.123. The highest BCUT2D eigenvalue weighted by atomic mass is 32.1. The van der Waals surface area contributed by atoms with Gasteiger partial charge in [0.25, 0.3) is 5.91 Å². The number of aryl methyl sites for hydroxylation is 1. The van der Waals surface area contributed by atoms with Gasteiger partial charge in [0.1, 0.15) is 0 Å². The Balaban J connectivity index is 2.92. The van der Waals surface area contributed by atoms with Crippen molar-refractivity contribution in [2.75, 3.05) is 19.4 Å². The van der Waals surface area contributed by atoms with E-state index < -0.39 is 5.41 Å². The number of hydrogen-bond donors (Lipinski definition) is 1. The van der Waals surface area contributed by atoms with Crippen molar-refractivity contribution in [1.82, 2.24) is 4.90 Å². The smallest absolute Gasteiger partial charge is 0.263 e. The van der Waals surface area contributed by atoms with Crippen molar-refractivity contribution in [2.24, 2.45) is 5.41 Å². The summed E-state index contributed by atoms with van der Waals surface area (Å²) in [6.45, 7) is 7.44. The van der Waals surface area contributed by atoms with Gasteiger partial charge in [-0.15, -0.1) is 11.3 Å². The lowest BCUT2D eigenvalue weighted by Gasteiger charge is -2.16. The molecule has 0 atom stereocenters. The van der Waals surface area contributed by atoms with E-state index in [0.717, 1.165) is 10.6 Å². The van der Waals surface area contributed by atoms with E-state index in [1.54, 1.807) is 14.1 Å². The normalized spacial score (nSPS) is 11.2. The molecule has 0 aliphatic carbocycles. The van der Waals surface area contributed by atoms with E-state index >= 15 is 0 Å². The number of rotatable bonds is 2. The summed E-state index contributed by atoms with van der Waals surface area (Å²) in [6.07, 6.45) is 0. The van der Waals surface area contributed by atoms with Crippen LogP contribution in [0, 0.1) is 12.3 Å². The number of carbonyl (C=O) groups excluding carboxylic acids is 2. The maximum Gasteiger partial charge on any atom is 0.263 e. The Hall–Kier alpha value is -1.36. The van der Waals surface area contributed by atoms with E-state index in [2.05, 4.69) is 5.32 Å². The molecule has 0 bridgehead atoms. The van der Waals surface area contributed by atoms with E-state index in [4.69, 9.17) is 0 Å². The Morgan fingerprint density at radius 2 is 1.83 bits per heavy atom. The third-order valence-electron chi connectivity index (χ3n) is 2.44. The van der Waals surface area contributed by atoms with Crippen LogP contribution >= 0.6 is 11.3 Å². The molecular weight excluding hydrogens is 248 g/mol. The molecule has 1 aromatic rings. The molecule has 18 heavy (non-hydrogen) atoms. The predicted molar refractivity (Wildman–Crippen MR) is 75.2 cm³/mol. The SMILES string of the molecule is Cc1cc(NC(=O)C(C)(C)C)sc1C(=O)N(C)C. The van der Waals surface area contributed by atoms with Crippen molar-refractivity contribution in [3.63, 3.8) is 0 Å². The fraction of sp³-hybridized carbons (Fsp3) is 0.538. The molecule has 0 spiro atoms. The van der Waals surface area contributed by atoms with Crippen molar-refractivity contribution >= 4 is 28.2 Å². The van der Waals surface area contributed by atoms with Gasteiger partial charge in [0.15, 0.2) is 0 Å². The monoisotopic (exact) mass is 268 g/mol. The first kappa shape index (κ1) is 14.7. The summed E-state index contributed by atoms with van der Waals surface area (Å²) in [4.78, 5) is 25.9. The molecule has 4 nitrogen and oxygen atoms in total. The maximum atomic E-state index is 11.9. The van der Waals surface area contributed by atoms with Crippen LogP contribution < -0.4 is 5.32 Å². The van der Waals surface area contributed by atoms with Gasteiger partial charge in [0.05, 0.1) is 9.88 Å². The summed E-state index contributed by atoms with van der Waals surface area (Å²) in [5.74, 6) is -0.0821. The number of thiophene rings is 1. The lowest BCUT2D eigenvalue weighted by atomic mass is 9.96. The second-order valence-electron chi connectivity index (χ2n) is 5.53. The van der Waals surface area contributed by atoms with Crippen molar-refractivity contribution in [3.8, 4) is 0 Å². The third-order valence-corrected chi connectivity index (χ3v) is 3.58. The van der Waals surface area contributed by atoms with Gasteiger partial charge in [-0.3, -0.25) is 9.59 Å². The standard InChI is InChI=1S/C13H20N2O2S/c1-8-7-9(14-12(17)13(2,3)4)18-10(8)11(16)15(5)6/h7H,1-6H3,(H,14,17). The molecule has 0 saturated carbocycles. The lowest BCUT2D eigenvalue weighted by Crippen LogP contribution is -2.27. The molecule has 1 N–H and O–H groups in total. The van der Waals surface area contributed by atoms with E-state index in [0.29, 0.717) is 4.88 Å². The van der Waals surface area contributed by atoms with Crippen LogP contribution in [0.4, 0.5) is 5.00 Å². The van der Waals surface area contributed by atoms with E-state index in [-0.39, 0.29) is 11.8 Å². The Labute approximate surface area is 112 Å². The Kier molecular flexibility index (Phi) is 4.16. The van der Waals surface area contributed by atoms with Crippen LogP contribution in [0.1, 0.15) is 36.0 Å². The van der Waals surface area contributed by atoms with Gasteiger partial charge < -0.3 is 10.2 Å². The highest BCUT2D eigenvalue weighted by Gasteiger charge is 2.23. The molecule has 1 heterocycles. The third kappa shape index (κ3) is 3.32. The number of amides is 2. The zero-order chi connectivity index (χ0) is 14.1. The number of hydrogen-bond acceptors (Lipinski definition) is 3. The molecule has 2 amide bonds. The van der Waals surface area contributed by atoms with Crippen LogP contribution in [-0.4, -0.2) is 30.8 Å². The molecule has 0 unspecified atom stereocenters. The first-order valence-corrected chi connectivity index (χ1v) is 6.58. The van der Waals surface area contributed by atoms with Gasteiger partial charge in [-0.2, -0.15) is 0 Å². The van der Waals surface area contributed by atoms with Gasteiger partial charge in [0.2, 0.25) is 5.91 Å². The maximum absolute atomic E-state index is 11.9.